The van der Waals surface area contributed by atoms with Crippen LogP contribution in [-0.2, 0) is 20.4 Å². The number of carbonyl (C=O) groups is 1. The third kappa shape index (κ3) is 3.46. The second-order valence-electron chi connectivity index (χ2n) is 4.44. The van der Waals surface area contributed by atoms with Crippen molar-refractivity contribution in [2.45, 2.75) is 31.3 Å². The predicted octanol–water partition coefficient (Wildman–Crippen LogP) is 0.645. The van der Waals surface area contributed by atoms with Gasteiger partial charge in [0.05, 0.1) is 0 Å². The average molecular weight is 292 g/mol. The summed E-state index contributed by atoms with van der Waals surface area (Å²) < 4.78 is 23.7. The Bertz CT molecular complexity index is 563. The SMILES string of the molecule is Cc1nc(S(=O)(=O)Cl)cn1CC(=O)NCC1CC1. The topological polar surface area (TPSA) is 81.1 Å². The maximum atomic E-state index is 11.6. The van der Waals surface area contributed by atoms with Gasteiger partial charge < -0.3 is 9.88 Å². The molecule has 1 aliphatic rings. The fraction of sp³-hybridized carbons (Fsp3) is 0.600. The Balaban J connectivity index is 1.99. The van der Waals surface area contributed by atoms with Gasteiger partial charge in [0.1, 0.15) is 12.4 Å². The van der Waals surface area contributed by atoms with E-state index in [1.807, 2.05) is 0 Å². The molecule has 0 atom stereocenters. The van der Waals surface area contributed by atoms with Crippen LogP contribution in [0.5, 0.6) is 0 Å². The number of aromatic nitrogens is 2. The molecule has 0 spiro atoms. The van der Waals surface area contributed by atoms with E-state index in [0.717, 1.165) is 0 Å². The molecule has 8 heteroatoms. The van der Waals surface area contributed by atoms with Crippen LogP contribution in [0.1, 0.15) is 18.7 Å². The van der Waals surface area contributed by atoms with Crippen LogP contribution in [0.4, 0.5) is 0 Å². The van der Waals surface area contributed by atoms with Crippen LogP contribution in [0.25, 0.3) is 0 Å². The highest BCUT2D eigenvalue weighted by atomic mass is 35.7. The fourth-order valence-corrected chi connectivity index (χ4v) is 2.26. The van der Waals surface area contributed by atoms with E-state index in [2.05, 4.69) is 10.3 Å². The Morgan fingerprint density at radius 1 is 1.61 bits per heavy atom. The molecular weight excluding hydrogens is 278 g/mol. The molecule has 1 aromatic rings. The first-order chi connectivity index (χ1) is 8.36. The minimum absolute atomic E-state index is 0.0535. The van der Waals surface area contributed by atoms with E-state index < -0.39 is 9.05 Å². The molecule has 1 amide bonds. The summed E-state index contributed by atoms with van der Waals surface area (Å²) in [5.41, 5.74) is 0. The van der Waals surface area contributed by atoms with Crippen LogP contribution >= 0.6 is 10.7 Å². The molecule has 1 heterocycles. The molecule has 18 heavy (non-hydrogen) atoms. The second-order valence-corrected chi connectivity index (χ2v) is 6.95. The van der Waals surface area contributed by atoms with Gasteiger partial charge >= 0.3 is 0 Å². The Morgan fingerprint density at radius 2 is 2.28 bits per heavy atom. The van der Waals surface area contributed by atoms with Crippen molar-refractivity contribution in [3.8, 4) is 0 Å². The summed E-state index contributed by atoms with van der Waals surface area (Å²) in [7, 11) is 1.34. The largest absolute Gasteiger partial charge is 0.354 e. The zero-order chi connectivity index (χ0) is 13.3. The lowest BCUT2D eigenvalue weighted by Gasteiger charge is -2.05. The highest BCUT2D eigenvalue weighted by molar-refractivity contribution is 8.13. The van der Waals surface area contributed by atoms with E-state index >= 15 is 0 Å². The van der Waals surface area contributed by atoms with Crippen molar-refractivity contribution in [3.63, 3.8) is 0 Å². The van der Waals surface area contributed by atoms with Gasteiger partial charge in [-0.05, 0) is 25.7 Å². The lowest BCUT2D eigenvalue weighted by molar-refractivity contribution is -0.121. The van der Waals surface area contributed by atoms with Crippen molar-refractivity contribution in [1.29, 1.82) is 0 Å². The summed E-state index contributed by atoms with van der Waals surface area (Å²) >= 11 is 0. The van der Waals surface area contributed by atoms with Crippen LogP contribution < -0.4 is 5.32 Å². The van der Waals surface area contributed by atoms with Crippen molar-refractivity contribution in [3.05, 3.63) is 12.0 Å². The first kappa shape index (κ1) is 13.4. The molecule has 0 aromatic carbocycles. The molecule has 1 aliphatic carbocycles. The molecule has 0 bridgehead atoms. The summed E-state index contributed by atoms with van der Waals surface area (Å²) in [6.45, 7) is 2.37. The minimum atomic E-state index is -3.85. The van der Waals surface area contributed by atoms with E-state index in [-0.39, 0.29) is 17.5 Å². The maximum absolute atomic E-state index is 11.6. The molecule has 0 aliphatic heterocycles. The van der Waals surface area contributed by atoms with Gasteiger partial charge in [-0.15, -0.1) is 0 Å². The Morgan fingerprint density at radius 3 is 2.78 bits per heavy atom. The van der Waals surface area contributed by atoms with Crippen molar-refractivity contribution in [2.24, 2.45) is 5.92 Å². The third-order valence-corrected chi connectivity index (χ3v) is 3.97. The molecule has 1 fully saturated rings. The zero-order valence-corrected chi connectivity index (χ0v) is 11.5. The van der Waals surface area contributed by atoms with Gasteiger partial charge in [-0.1, -0.05) is 0 Å². The summed E-state index contributed by atoms with van der Waals surface area (Å²) in [5, 5.41) is 2.57. The molecule has 1 saturated carbocycles. The third-order valence-electron chi connectivity index (χ3n) is 2.80. The summed E-state index contributed by atoms with van der Waals surface area (Å²) in [6, 6.07) is 0. The second kappa shape index (κ2) is 4.89. The summed E-state index contributed by atoms with van der Waals surface area (Å²) in [4.78, 5) is 15.4. The van der Waals surface area contributed by atoms with Gasteiger partial charge in [-0.25, -0.2) is 13.4 Å². The van der Waals surface area contributed by atoms with E-state index in [4.69, 9.17) is 10.7 Å². The van der Waals surface area contributed by atoms with Crippen LogP contribution in [0.2, 0.25) is 0 Å². The number of amides is 1. The fourth-order valence-electron chi connectivity index (χ4n) is 1.55. The number of halogens is 1. The molecule has 6 nitrogen and oxygen atoms in total. The average Bonchev–Trinajstić information content (AvgIpc) is 3.00. The van der Waals surface area contributed by atoms with Crippen molar-refractivity contribution < 1.29 is 13.2 Å². The number of aryl methyl sites for hydroxylation is 1. The number of nitrogens with zero attached hydrogens (tertiary/aromatic N) is 2. The van der Waals surface area contributed by atoms with Crippen LogP contribution in [0, 0.1) is 12.8 Å². The molecular formula is C10H14ClN3O3S. The normalized spacial score (nSPS) is 15.7. The Hall–Kier alpha value is -1.08. The summed E-state index contributed by atoms with van der Waals surface area (Å²) in [5.74, 6) is 0.897. The monoisotopic (exact) mass is 291 g/mol. The van der Waals surface area contributed by atoms with Gasteiger partial charge in [-0.2, -0.15) is 0 Å². The van der Waals surface area contributed by atoms with Crippen LogP contribution in [0.15, 0.2) is 11.2 Å². The number of carbonyl (C=O) groups excluding carboxylic acids is 1. The number of rotatable bonds is 5. The van der Waals surface area contributed by atoms with Gasteiger partial charge in [-0.3, -0.25) is 4.79 Å². The minimum Gasteiger partial charge on any atom is -0.354 e. The zero-order valence-electron chi connectivity index (χ0n) is 9.89. The predicted molar refractivity (Wildman–Crippen MR) is 65.7 cm³/mol. The smallest absolute Gasteiger partial charge is 0.280 e. The molecule has 0 unspecified atom stereocenters. The van der Waals surface area contributed by atoms with Gasteiger partial charge in [0.15, 0.2) is 5.03 Å². The summed E-state index contributed by atoms with van der Waals surface area (Å²) in [6.07, 6.45) is 3.60. The van der Waals surface area contributed by atoms with Crippen molar-refractivity contribution in [1.82, 2.24) is 14.9 Å². The molecule has 2 rings (SSSR count). The van der Waals surface area contributed by atoms with Gasteiger partial charge in [0.2, 0.25) is 5.91 Å². The molecule has 100 valence electrons. The quantitative estimate of drug-likeness (QED) is 0.808. The Labute approximate surface area is 110 Å². The van der Waals surface area contributed by atoms with Gasteiger partial charge in [0.25, 0.3) is 9.05 Å². The van der Waals surface area contributed by atoms with Crippen LogP contribution in [0.3, 0.4) is 0 Å². The van der Waals surface area contributed by atoms with Gasteiger partial charge in [0, 0.05) is 23.4 Å². The highest BCUT2D eigenvalue weighted by Crippen LogP contribution is 2.27. The van der Waals surface area contributed by atoms with Crippen LogP contribution in [-0.4, -0.2) is 30.4 Å². The molecule has 1 aromatic heterocycles. The molecule has 0 radical (unpaired) electrons. The van der Waals surface area contributed by atoms with E-state index in [1.54, 1.807) is 6.92 Å². The van der Waals surface area contributed by atoms with E-state index in [0.29, 0.717) is 18.3 Å². The lowest BCUT2D eigenvalue weighted by atomic mass is 10.4. The maximum Gasteiger partial charge on any atom is 0.280 e. The highest BCUT2D eigenvalue weighted by Gasteiger charge is 2.22. The number of hydrogen-bond acceptors (Lipinski definition) is 4. The van der Waals surface area contributed by atoms with Crippen molar-refractivity contribution in [2.75, 3.05) is 6.54 Å². The number of nitrogens with one attached hydrogen (secondary N) is 1. The standard InChI is InChI=1S/C10H14ClN3O3S/c1-7-13-10(18(11,16)17)6-14(7)5-9(15)12-4-8-2-3-8/h6,8H,2-5H2,1H3,(H,12,15). The van der Waals surface area contributed by atoms with E-state index in [1.165, 1.54) is 23.6 Å². The Kier molecular flexibility index (Phi) is 3.63. The van der Waals surface area contributed by atoms with E-state index in [9.17, 15) is 13.2 Å². The first-order valence-corrected chi connectivity index (χ1v) is 7.92. The lowest BCUT2D eigenvalue weighted by Crippen LogP contribution is -2.29. The number of hydrogen-bond donors (Lipinski definition) is 1. The molecule has 1 N–H and O–H groups in total. The number of imidazole rings is 1. The molecule has 0 saturated heterocycles. The first-order valence-electron chi connectivity index (χ1n) is 5.61. The van der Waals surface area contributed by atoms with Crippen molar-refractivity contribution >= 4 is 25.6 Å².